The summed E-state index contributed by atoms with van der Waals surface area (Å²) in [6.07, 6.45) is -4.78. The number of hydrogen-bond acceptors (Lipinski definition) is 3. The Kier molecular flexibility index (Phi) is 6.02. The normalized spacial score (nSPS) is 10.5. The van der Waals surface area contributed by atoms with Gasteiger partial charge in [-0.3, -0.25) is 9.59 Å². The molecule has 2 rings (SSSR count). The Morgan fingerprint density at radius 3 is 2.12 bits per heavy atom. The second-order valence-electron chi connectivity index (χ2n) is 5.19. The molecule has 0 radical (unpaired) electrons. The van der Waals surface area contributed by atoms with E-state index in [1.807, 2.05) is 0 Å². The summed E-state index contributed by atoms with van der Waals surface area (Å²) in [5, 5.41) is 2.54. The molecular weight excluding hydrogens is 347 g/mol. The standard InChI is InChI=1S/C19H14F3NO3/c1-13(24)15-6-4-14(5-7-15)3-2-12-23-18(25)16-8-10-17(11-9-16)26-19(20,21)22/h4-11H,12H2,1H3,(H,23,25). The van der Waals surface area contributed by atoms with Crippen molar-refractivity contribution in [1.29, 1.82) is 0 Å². The first kappa shape index (κ1) is 19.1. The van der Waals surface area contributed by atoms with Gasteiger partial charge in [-0.1, -0.05) is 24.0 Å². The van der Waals surface area contributed by atoms with E-state index < -0.39 is 18.0 Å². The molecule has 0 unspecified atom stereocenters. The molecule has 0 heterocycles. The molecule has 0 spiro atoms. The quantitative estimate of drug-likeness (QED) is 0.669. The van der Waals surface area contributed by atoms with E-state index in [9.17, 15) is 22.8 Å². The Morgan fingerprint density at radius 1 is 1.00 bits per heavy atom. The van der Waals surface area contributed by atoms with Crippen molar-refractivity contribution >= 4 is 11.7 Å². The smallest absolute Gasteiger partial charge is 0.406 e. The number of ketones is 1. The molecule has 134 valence electrons. The van der Waals surface area contributed by atoms with Crippen LogP contribution in [0.5, 0.6) is 5.75 Å². The molecule has 7 heteroatoms. The van der Waals surface area contributed by atoms with E-state index in [4.69, 9.17) is 0 Å². The number of halogens is 3. The van der Waals surface area contributed by atoms with Gasteiger partial charge in [-0.15, -0.1) is 13.2 Å². The van der Waals surface area contributed by atoms with E-state index in [1.165, 1.54) is 19.1 Å². The van der Waals surface area contributed by atoms with Crippen LogP contribution in [0.4, 0.5) is 13.2 Å². The number of benzene rings is 2. The maximum atomic E-state index is 12.1. The third kappa shape index (κ3) is 5.98. The first-order valence-corrected chi connectivity index (χ1v) is 7.48. The Hall–Kier alpha value is -3.27. The summed E-state index contributed by atoms with van der Waals surface area (Å²) in [4.78, 5) is 23.1. The Balaban J connectivity index is 1.88. The van der Waals surface area contributed by atoms with Gasteiger partial charge in [0.2, 0.25) is 0 Å². The minimum atomic E-state index is -4.78. The summed E-state index contributed by atoms with van der Waals surface area (Å²) < 4.78 is 40.0. The molecule has 0 aromatic heterocycles. The molecule has 4 nitrogen and oxygen atoms in total. The highest BCUT2D eigenvalue weighted by Crippen LogP contribution is 2.22. The highest BCUT2D eigenvalue weighted by atomic mass is 19.4. The van der Waals surface area contributed by atoms with Gasteiger partial charge in [-0.2, -0.15) is 0 Å². The predicted molar refractivity (Wildman–Crippen MR) is 88.8 cm³/mol. The van der Waals surface area contributed by atoms with Crippen molar-refractivity contribution in [3.63, 3.8) is 0 Å². The lowest BCUT2D eigenvalue weighted by Gasteiger charge is -2.09. The third-order valence-electron chi connectivity index (χ3n) is 3.21. The maximum Gasteiger partial charge on any atom is 0.573 e. The lowest BCUT2D eigenvalue weighted by Crippen LogP contribution is -2.23. The highest BCUT2D eigenvalue weighted by molar-refractivity contribution is 5.94. The van der Waals surface area contributed by atoms with Crippen LogP contribution in [0.25, 0.3) is 0 Å². The first-order valence-electron chi connectivity index (χ1n) is 7.48. The Labute approximate surface area is 148 Å². The largest absolute Gasteiger partial charge is 0.573 e. The minimum Gasteiger partial charge on any atom is -0.406 e. The molecule has 1 N–H and O–H groups in total. The fourth-order valence-electron chi connectivity index (χ4n) is 1.97. The van der Waals surface area contributed by atoms with Crippen molar-refractivity contribution in [3.8, 4) is 17.6 Å². The lowest BCUT2D eigenvalue weighted by molar-refractivity contribution is -0.274. The van der Waals surface area contributed by atoms with Gasteiger partial charge < -0.3 is 10.1 Å². The molecule has 26 heavy (non-hydrogen) atoms. The molecule has 2 aromatic carbocycles. The average molecular weight is 361 g/mol. The van der Waals surface area contributed by atoms with Crippen molar-refractivity contribution in [1.82, 2.24) is 5.32 Å². The highest BCUT2D eigenvalue weighted by Gasteiger charge is 2.31. The molecule has 0 aliphatic heterocycles. The van der Waals surface area contributed by atoms with Crippen LogP contribution in [0.1, 0.15) is 33.2 Å². The second-order valence-corrected chi connectivity index (χ2v) is 5.19. The van der Waals surface area contributed by atoms with Crippen LogP contribution in [0.3, 0.4) is 0 Å². The van der Waals surface area contributed by atoms with Crippen LogP contribution < -0.4 is 10.1 Å². The van der Waals surface area contributed by atoms with E-state index >= 15 is 0 Å². The predicted octanol–water partition coefficient (Wildman–Crippen LogP) is 3.57. The minimum absolute atomic E-state index is 0.0385. The first-order chi connectivity index (χ1) is 12.2. The molecule has 0 fully saturated rings. The van der Waals surface area contributed by atoms with E-state index in [0.717, 1.165) is 12.1 Å². The number of rotatable bonds is 4. The lowest BCUT2D eigenvalue weighted by atomic mass is 10.1. The fraction of sp³-hybridized carbons (Fsp3) is 0.158. The summed E-state index contributed by atoms with van der Waals surface area (Å²) in [5.41, 5.74) is 1.46. The van der Waals surface area contributed by atoms with Gasteiger partial charge in [0.15, 0.2) is 5.78 Å². The number of carbonyl (C=O) groups excluding carboxylic acids is 2. The van der Waals surface area contributed by atoms with Crippen LogP contribution in [0, 0.1) is 11.8 Å². The van der Waals surface area contributed by atoms with Crippen molar-refractivity contribution in [2.45, 2.75) is 13.3 Å². The van der Waals surface area contributed by atoms with Crippen molar-refractivity contribution in [3.05, 3.63) is 65.2 Å². The van der Waals surface area contributed by atoms with Crippen LogP contribution >= 0.6 is 0 Å². The van der Waals surface area contributed by atoms with Crippen LogP contribution in [-0.4, -0.2) is 24.6 Å². The van der Waals surface area contributed by atoms with Gasteiger partial charge in [0.25, 0.3) is 5.91 Å². The van der Waals surface area contributed by atoms with Crippen LogP contribution in [0.2, 0.25) is 0 Å². The van der Waals surface area contributed by atoms with E-state index in [0.29, 0.717) is 11.1 Å². The number of carbonyl (C=O) groups is 2. The SMILES string of the molecule is CC(=O)c1ccc(C#CCNC(=O)c2ccc(OC(F)(F)F)cc2)cc1. The van der Waals surface area contributed by atoms with Crippen LogP contribution in [0.15, 0.2) is 48.5 Å². The van der Waals surface area contributed by atoms with Crippen molar-refractivity contribution < 1.29 is 27.5 Å². The molecule has 0 aliphatic carbocycles. The number of amides is 1. The van der Waals surface area contributed by atoms with Crippen molar-refractivity contribution in [2.24, 2.45) is 0 Å². The summed E-state index contributed by atoms with van der Waals surface area (Å²) in [5.74, 6) is 4.68. The zero-order valence-electron chi connectivity index (χ0n) is 13.7. The molecule has 0 aliphatic rings. The van der Waals surface area contributed by atoms with Gasteiger partial charge in [0, 0.05) is 16.7 Å². The fourth-order valence-corrected chi connectivity index (χ4v) is 1.97. The molecule has 0 atom stereocenters. The van der Waals surface area contributed by atoms with Crippen LogP contribution in [-0.2, 0) is 0 Å². The average Bonchev–Trinajstić information content (AvgIpc) is 2.58. The summed E-state index contributed by atoms with van der Waals surface area (Å²) >= 11 is 0. The zero-order valence-corrected chi connectivity index (χ0v) is 13.7. The number of nitrogens with one attached hydrogen (secondary N) is 1. The number of Topliss-reactive ketones (excluding diaryl/α,β-unsaturated/α-hetero) is 1. The molecule has 0 bridgehead atoms. The van der Waals surface area contributed by atoms with Gasteiger partial charge in [-0.05, 0) is 43.3 Å². The van der Waals surface area contributed by atoms with Gasteiger partial charge in [0.1, 0.15) is 5.75 Å². The van der Waals surface area contributed by atoms with E-state index in [1.54, 1.807) is 24.3 Å². The van der Waals surface area contributed by atoms with Crippen molar-refractivity contribution in [2.75, 3.05) is 6.54 Å². The van der Waals surface area contributed by atoms with E-state index in [-0.39, 0.29) is 17.9 Å². The Morgan fingerprint density at radius 2 is 1.58 bits per heavy atom. The zero-order chi connectivity index (χ0) is 19.2. The topological polar surface area (TPSA) is 55.4 Å². The Bertz CT molecular complexity index is 845. The molecule has 0 saturated carbocycles. The van der Waals surface area contributed by atoms with Gasteiger partial charge in [-0.25, -0.2) is 0 Å². The number of ether oxygens (including phenoxy) is 1. The molecule has 2 aromatic rings. The number of hydrogen-bond donors (Lipinski definition) is 1. The molecule has 1 amide bonds. The number of alkyl halides is 3. The summed E-state index contributed by atoms with van der Waals surface area (Å²) in [6, 6.07) is 11.3. The summed E-state index contributed by atoms with van der Waals surface area (Å²) in [7, 11) is 0. The molecular formula is C19H14F3NO3. The van der Waals surface area contributed by atoms with Gasteiger partial charge >= 0.3 is 6.36 Å². The maximum absolute atomic E-state index is 12.1. The second kappa shape index (κ2) is 8.21. The third-order valence-corrected chi connectivity index (χ3v) is 3.21. The monoisotopic (exact) mass is 361 g/mol. The summed E-state index contributed by atoms with van der Waals surface area (Å²) in [6.45, 7) is 1.53. The molecule has 0 saturated heterocycles. The van der Waals surface area contributed by atoms with Gasteiger partial charge in [0.05, 0.1) is 6.54 Å². The van der Waals surface area contributed by atoms with E-state index in [2.05, 4.69) is 21.9 Å².